The lowest BCUT2D eigenvalue weighted by atomic mass is 10.2. The topological polar surface area (TPSA) is 93.6 Å². The van der Waals surface area contributed by atoms with Crippen LogP contribution < -0.4 is 0 Å². The molecule has 0 aliphatic rings. The molecule has 0 atom stereocenters. The summed E-state index contributed by atoms with van der Waals surface area (Å²) in [6.45, 7) is 3.95. The number of hydroxylamine groups is 1. The first-order valence-corrected chi connectivity index (χ1v) is 6.07. The molecule has 0 aromatic carbocycles. The van der Waals surface area contributed by atoms with Gasteiger partial charge >= 0.3 is 0 Å². The summed E-state index contributed by atoms with van der Waals surface area (Å²) in [7, 11) is -4.35. The van der Waals surface area contributed by atoms with Crippen LogP contribution in [0, 0.1) is 11.1 Å². The lowest BCUT2D eigenvalue weighted by molar-refractivity contribution is -0.459. The van der Waals surface area contributed by atoms with E-state index in [4.69, 9.17) is 4.55 Å². The molecule has 0 amide bonds. The second-order valence-electron chi connectivity index (χ2n) is 3.79. The van der Waals surface area contributed by atoms with Gasteiger partial charge in [-0.3, -0.25) is 4.55 Å². The number of rotatable bonds is 4. The van der Waals surface area contributed by atoms with Gasteiger partial charge in [0.05, 0.1) is 5.56 Å². The van der Waals surface area contributed by atoms with Gasteiger partial charge in [0.15, 0.2) is 12.8 Å². The number of nitrogens with zero attached hydrogens (tertiary/aromatic N) is 1. The van der Waals surface area contributed by atoms with Crippen LogP contribution in [-0.4, -0.2) is 30.5 Å². The van der Waals surface area contributed by atoms with Crippen molar-refractivity contribution in [1.82, 2.24) is 0 Å². The summed E-state index contributed by atoms with van der Waals surface area (Å²) >= 11 is 0. The third-order valence-corrected chi connectivity index (χ3v) is 2.65. The zero-order valence-corrected chi connectivity index (χ0v) is 9.77. The minimum Gasteiger partial charge on any atom is -0.624 e. The average molecular weight is 247 g/mol. The van der Waals surface area contributed by atoms with Gasteiger partial charge in [-0.1, -0.05) is 13.8 Å². The van der Waals surface area contributed by atoms with Crippen molar-refractivity contribution in [3.05, 3.63) is 23.3 Å². The number of hydrogen-bond donors (Lipinski definition) is 1. The Morgan fingerprint density at radius 3 is 2.69 bits per heavy atom. The molecule has 0 unspecified atom stereocenters. The van der Waals surface area contributed by atoms with Crippen molar-refractivity contribution in [1.29, 1.82) is 0 Å². The summed E-state index contributed by atoms with van der Waals surface area (Å²) in [5, 5.41) is 11.3. The van der Waals surface area contributed by atoms with Crippen LogP contribution in [0.4, 0.5) is 0 Å². The van der Waals surface area contributed by atoms with E-state index in [1.807, 2.05) is 13.8 Å². The zero-order valence-electron chi connectivity index (χ0n) is 8.95. The summed E-state index contributed by atoms with van der Waals surface area (Å²) in [5.41, 5.74) is 0.0400. The maximum Gasteiger partial charge on any atom is 0.298 e. The molecule has 90 valence electrons. The first-order chi connectivity index (χ1) is 7.30. The monoisotopic (exact) mass is 247 g/mol. The van der Waals surface area contributed by atoms with E-state index in [2.05, 4.69) is 4.42 Å². The van der Waals surface area contributed by atoms with E-state index < -0.39 is 15.0 Å². The Kier molecular flexibility index (Phi) is 3.71. The minimum atomic E-state index is -4.35. The standard InChI is InChI=1S/C9H13NO5S/c1-7(2)3-10(11)4-8-5-15-6-9(8)16(12,13)14/h4-7H,3H2,1-2H3,(H,12,13,14). The maximum atomic E-state index is 11.3. The maximum absolute atomic E-state index is 11.3. The van der Waals surface area contributed by atoms with Crippen LogP contribution in [0.25, 0.3) is 0 Å². The van der Waals surface area contributed by atoms with Gasteiger partial charge in [0.1, 0.15) is 17.4 Å². The van der Waals surface area contributed by atoms with Gasteiger partial charge in [-0.2, -0.15) is 8.42 Å². The van der Waals surface area contributed by atoms with Crippen LogP contribution in [0.15, 0.2) is 21.8 Å². The number of furan rings is 1. The van der Waals surface area contributed by atoms with Crippen molar-refractivity contribution in [3.63, 3.8) is 0 Å². The quantitative estimate of drug-likeness (QED) is 0.283. The van der Waals surface area contributed by atoms with Crippen LogP contribution in [0.3, 0.4) is 0 Å². The molecule has 0 saturated heterocycles. The Morgan fingerprint density at radius 2 is 2.19 bits per heavy atom. The van der Waals surface area contributed by atoms with Gasteiger partial charge in [-0.05, 0) is 0 Å². The van der Waals surface area contributed by atoms with Crippen molar-refractivity contribution < 1.29 is 22.1 Å². The summed E-state index contributed by atoms with van der Waals surface area (Å²) in [6, 6.07) is 0. The highest BCUT2D eigenvalue weighted by Crippen LogP contribution is 2.14. The third kappa shape index (κ3) is 3.35. The van der Waals surface area contributed by atoms with Crippen molar-refractivity contribution in [2.45, 2.75) is 18.7 Å². The predicted molar refractivity (Wildman–Crippen MR) is 57.0 cm³/mol. The van der Waals surface area contributed by atoms with Gasteiger partial charge in [0.2, 0.25) is 0 Å². The highest BCUT2D eigenvalue weighted by atomic mass is 32.2. The van der Waals surface area contributed by atoms with Crippen LogP contribution in [0.2, 0.25) is 0 Å². The molecule has 16 heavy (non-hydrogen) atoms. The van der Waals surface area contributed by atoms with E-state index in [0.717, 1.165) is 18.7 Å². The Labute approximate surface area is 93.5 Å². The smallest absolute Gasteiger partial charge is 0.298 e. The molecule has 7 heteroatoms. The summed E-state index contributed by atoms with van der Waals surface area (Å²) in [5.74, 6) is 0.148. The SMILES string of the molecule is CC(C)C[N+]([O-])=Cc1cocc1S(=O)(=O)O. The molecule has 1 heterocycles. The molecule has 0 saturated carbocycles. The van der Waals surface area contributed by atoms with Crippen molar-refractivity contribution >= 4 is 16.3 Å². The van der Waals surface area contributed by atoms with E-state index in [1.54, 1.807) is 0 Å². The lowest BCUT2D eigenvalue weighted by Gasteiger charge is -2.05. The molecule has 1 rings (SSSR count). The van der Waals surface area contributed by atoms with E-state index in [-0.39, 0.29) is 18.0 Å². The van der Waals surface area contributed by atoms with E-state index >= 15 is 0 Å². The highest BCUT2D eigenvalue weighted by molar-refractivity contribution is 7.86. The fourth-order valence-corrected chi connectivity index (χ4v) is 1.74. The molecular weight excluding hydrogens is 234 g/mol. The van der Waals surface area contributed by atoms with Crippen molar-refractivity contribution in [2.24, 2.45) is 5.92 Å². The van der Waals surface area contributed by atoms with Crippen LogP contribution in [-0.2, 0) is 10.1 Å². The third-order valence-electron chi connectivity index (χ3n) is 1.76. The first-order valence-electron chi connectivity index (χ1n) is 4.63. The summed E-state index contributed by atoms with van der Waals surface area (Å²) in [4.78, 5) is -0.405. The van der Waals surface area contributed by atoms with Gasteiger partial charge in [0, 0.05) is 5.92 Å². The van der Waals surface area contributed by atoms with E-state index in [9.17, 15) is 13.6 Å². The number of hydrogen-bond acceptors (Lipinski definition) is 4. The van der Waals surface area contributed by atoms with Crippen molar-refractivity contribution in [2.75, 3.05) is 6.54 Å². The van der Waals surface area contributed by atoms with Gasteiger partial charge in [-0.25, -0.2) is 4.74 Å². The molecule has 0 aliphatic heterocycles. The Balaban J connectivity index is 3.03. The van der Waals surface area contributed by atoms with Gasteiger partial charge in [0.25, 0.3) is 10.1 Å². The second kappa shape index (κ2) is 4.67. The van der Waals surface area contributed by atoms with E-state index in [1.165, 1.54) is 0 Å². The highest BCUT2D eigenvalue weighted by Gasteiger charge is 2.18. The van der Waals surface area contributed by atoms with Gasteiger partial charge < -0.3 is 9.62 Å². The fraction of sp³-hybridized carbons (Fsp3) is 0.444. The Bertz CT molecular complexity index is 486. The summed E-state index contributed by atoms with van der Waals surface area (Å²) < 4.78 is 35.8. The van der Waals surface area contributed by atoms with Crippen LogP contribution >= 0.6 is 0 Å². The fourth-order valence-electron chi connectivity index (χ4n) is 1.17. The van der Waals surface area contributed by atoms with E-state index in [0.29, 0.717) is 4.74 Å². The molecule has 6 nitrogen and oxygen atoms in total. The molecule has 0 fully saturated rings. The lowest BCUT2D eigenvalue weighted by Crippen LogP contribution is -2.13. The normalized spacial score (nSPS) is 13.4. The van der Waals surface area contributed by atoms with Crippen molar-refractivity contribution in [3.8, 4) is 0 Å². The molecular formula is C9H13NO5S. The van der Waals surface area contributed by atoms with Crippen LogP contribution in [0.1, 0.15) is 19.4 Å². The first kappa shape index (κ1) is 12.7. The zero-order chi connectivity index (χ0) is 12.3. The molecule has 0 spiro atoms. The predicted octanol–water partition coefficient (Wildman–Crippen LogP) is 1.11. The molecule has 0 radical (unpaired) electrons. The molecule has 0 bridgehead atoms. The largest absolute Gasteiger partial charge is 0.624 e. The Hall–Kier alpha value is -1.34. The van der Waals surface area contributed by atoms with Gasteiger partial charge in [-0.15, -0.1) is 0 Å². The Morgan fingerprint density at radius 1 is 1.56 bits per heavy atom. The van der Waals surface area contributed by atoms with Crippen LogP contribution in [0.5, 0.6) is 0 Å². The molecule has 0 aliphatic carbocycles. The molecule has 1 aromatic heterocycles. The molecule has 1 aromatic rings. The average Bonchev–Trinajstić information content (AvgIpc) is 2.48. The second-order valence-corrected chi connectivity index (χ2v) is 5.18. The minimum absolute atomic E-state index is 0.0400. The molecule has 1 N–H and O–H groups in total. The summed E-state index contributed by atoms with van der Waals surface area (Å²) in [6.07, 6.45) is 3.05.